The molecule has 0 aromatic carbocycles. The molecule has 0 rings (SSSR count). The Morgan fingerprint density at radius 1 is 1.43 bits per heavy atom. The topological polar surface area (TPSA) is 48.8 Å². The maximum Gasteiger partial charge on any atom is 0.0794 e. The largest absolute Gasteiger partial charge is 0.0794 e. The third-order valence-corrected chi connectivity index (χ3v) is 0.943. The summed E-state index contributed by atoms with van der Waals surface area (Å²) in [4.78, 5) is 2.27. The average molecular weight is 180 g/mol. The smallest absolute Gasteiger partial charge is 0.0278 e. The molecule has 0 saturated carbocycles. The summed E-state index contributed by atoms with van der Waals surface area (Å²) < 4.78 is 2.82. The Morgan fingerprint density at radius 3 is 1.86 bits per heavy atom. The monoisotopic (exact) mass is 179 g/mol. The number of hydrogen-bond acceptors (Lipinski definition) is 1. The van der Waals surface area contributed by atoms with Crippen molar-refractivity contribution in [3.8, 4) is 0 Å². The van der Waals surface area contributed by atoms with Crippen LogP contribution in [0.2, 0.25) is 0 Å². The molecule has 0 saturated heterocycles. The van der Waals surface area contributed by atoms with Gasteiger partial charge in [-0.25, -0.2) is 0 Å². The third-order valence-electron chi connectivity index (χ3n) is 0.129. The van der Waals surface area contributed by atoms with E-state index in [9.17, 15) is 0 Å². The number of rotatable bonds is 1. The lowest BCUT2D eigenvalue weighted by Crippen LogP contribution is -1.48. The molecule has 7 heavy (non-hydrogen) atoms. The Labute approximate surface area is 55.1 Å². The molecular weight excluding hydrogens is 180 g/mol. The Balaban J connectivity index is 3.80. The first-order valence-corrected chi connectivity index (χ1v) is 5.11. The van der Waals surface area contributed by atoms with Crippen LogP contribution in [0.25, 0.3) is 10.4 Å². The normalized spacial score (nSPS) is 12.4. The summed E-state index contributed by atoms with van der Waals surface area (Å²) >= 11 is 0. The van der Waals surface area contributed by atoms with Crippen molar-refractivity contribution in [2.75, 3.05) is 0 Å². The van der Waals surface area contributed by atoms with Crippen LogP contribution in [0.1, 0.15) is 0 Å². The SMILES string of the molecule is [N-]=[N+]=NS(Cl)(Cl)Cl. The van der Waals surface area contributed by atoms with Crippen molar-refractivity contribution >= 4 is 39.9 Å². The lowest BCUT2D eigenvalue weighted by molar-refractivity contribution is 1.82. The lowest BCUT2D eigenvalue weighted by Gasteiger charge is -2.01. The summed E-state index contributed by atoms with van der Waals surface area (Å²) in [5.74, 6) is 0. The third kappa shape index (κ3) is 6.53. The summed E-state index contributed by atoms with van der Waals surface area (Å²) in [6, 6.07) is 0. The van der Waals surface area contributed by atoms with Gasteiger partial charge >= 0.3 is 0 Å². The maximum absolute atomic E-state index is 7.63. The zero-order chi connectivity index (χ0) is 5.91. The summed E-state index contributed by atoms with van der Waals surface area (Å²) in [5, 5.41) is 0. The second-order valence-corrected chi connectivity index (χ2v) is 6.92. The summed E-state index contributed by atoms with van der Waals surface area (Å²) in [5.41, 5.74) is 7.63. The van der Waals surface area contributed by atoms with Gasteiger partial charge in [-0.3, -0.25) is 0 Å². The Bertz CT molecular complexity index is 97.2. The molecule has 0 N–H and O–H groups in total. The molecule has 42 valence electrons. The van der Waals surface area contributed by atoms with Gasteiger partial charge in [-0.15, -0.1) is 0 Å². The zero-order valence-electron chi connectivity index (χ0n) is 2.88. The number of azide groups is 1. The van der Waals surface area contributed by atoms with Gasteiger partial charge in [-0.05, 0) is 42.1 Å². The van der Waals surface area contributed by atoms with E-state index in [0.717, 1.165) is 0 Å². The first-order valence-electron chi connectivity index (χ1n) is 1.05. The maximum atomic E-state index is 7.63. The van der Waals surface area contributed by atoms with Crippen LogP contribution in [-0.4, -0.2) is 0 Å². The molecule has 0 fully saturated rings. The molecular formula is Cl3N3S. The second-order valence-electron chi connectivity index (χ2n) is 0.553. The van der Waals surface area contributed by atoms with Gasteiger partial charge in [-0.1, -0.05) is 0 Å². The fraction of sp³-hybridized carbons (Fsp3) is 0. The molecule has 0 bridgehead atoms. The van der Waals surface area contributed by atoms with Crippen LogP contribution in [0.15, 0.2) is 4.52 Å². The van der Waals surface area contributed by atoms with Crippen molar-refractivity contribution < 1.29 is 0 Å². The first kappa shape index (κ1) is 7.53. The summed E-state index contributed by atoms with van der Waals surface area (Å²) in [6.45, 7) is 0. The molecule has 0 aliphatic rings. The Kier molecular flexibility index (Phi) is 2.95. The van der Waals surface area contributed by atoms with E-state index < -0.39 is 7.85 Å². The van der Waals surface area contributed by atoms with Crippen molar-refractivity contribution in [3.63, 3.8) is 0 Å². The molecule has 0 spiro atoms. The molecule has 0 heterocycles. The number of hydrogen-bond donors (Lipinski definition) is 0. The molecule has 0 radical (unpaired) electrons. The fourth-order valence-corrected chi connectivity index (χ4v) is 0.373. The predicted molar refractivity (Wildman–Crippen MR) is 34.3 cm³/mol. The standard InChI is InChI=1S/Cl3N3S/c1-7(2,3)6-5-4. The summed E-state index contributed by atoms with van der Waals surface area (Å²) in [6.07, 6.45) is 0. The molecule has 0 aliphatic heterocycles. The average Bonchev–Trinajstić information content (AvgIpc) is 1.30. The highest BCUT2D eigenvalue weighted by Gasteiger charge is 2.07. The lowest BCUT2D eigenvalue weighted by atomic mass is 13.0. The van der Waals surface area contributed by atoms with Gasteiger partial charge in [0.05, 0.1) is 7.85 Å². The highest BCUT2D eigenvalue weighted by molar-refractivity contribution is 8.78. The minimum atomic E-state index is -2.55. The van der Waals surface area contributed by atoms with Crippen LogP contribution in [0.3, 0.4) is 0 Å². The molecule has 0 unspecified atom stereocenters. The van der Waals surface area contributed by atoms with E-state index in [0.29, 0.717) is 0 Å². The second kappa shape index (κ2) is 2.74. The van der Waals surface area contributed by atoms with Crippen LogP contribution >= 0.6 is 39.9 Å². The molecule has 0 aromatic rings. The Hall–Kier alpha value is 0.530. The van der Waals surface area contributed by atoms with E-state index in [1.807, 2.05) is 0 Å². The molecule has 0 aromatic heterocycles. The van der Waals surface area contributed by atoms with E-state index in [4.69, 9.17) is 37.6 Å². The van der Waals surface area contributed by atoms with Gasteiger partial charge in [0.1, 0.15) is 0 Å². The highest BCUT2D eigenvalue weighted by Crippen LogP contribution is 2.64. The van der Waals surface area contributed by atoms with Crippen LogP contribution in [-0.2, 0) is 0 Å². The van der Waals surface area contributed by atoms with Crippen LogP contribution in [0.4, 0.5) is 0 Å². The molecule has 0 atom stereocenters. The van der Waals surface area contributed by atoms with Crippen molar-refractivity contribution in [1.82, 2.24) is 0 Å². The van der Waals surface area contributed by atoms with Crippen molar-refractivity contribution in [2.24, 2.45) is 4.52 Å². The molecule has 3 nitrogen and oxygen atoms in total. The molecule has 0 amide bonds. The minimum absolute atomic E-state index is 2.27. The van der Waals surface area contributed by atoms with Gasteiger partial charge in [0.2, 0.25) is 0 Å². The van der Waals surface area contributed by atoms with Gasteiger partial charge < -0.3 is 0 Å². The minimum Gasteiger partial charge on any atom is -0.0278 e. The van der Waals surface area contributed by atoms with Crippen LogP contribution in [0, 0.1) is 0 Å². The van der Waals surface area contributed by atoms with Crippen molar-refractivity contribution in [3.05, 3.63) is 10.4 Å². The number of halogens is 3. The van der Waals surface area contributed by atoms with E-state index in [1.54, 1.807) is 0 Å². The van der Waals surface area contributed by atoms with Crippen molar-refractivity contribution in [2.45, 2.75) is 0 Å². The fourth-order valence-electron chi connectivity index (χ4n) is 0.0414. The van der Waals surface area contributed by atoms with Gasteiger partial charge in [-0.2, -0.15) is 0 Å². The van der Waals surface area contributed by atoms with Gasteiger partial charge in [0.25, 0.3) is 0 Å². The van der Waals surface area contributed by atoms with Gasteiger partial charge in [0.15, 0.2) is 0 Å². The van der Waals surface area contributed by atoms with Crippen LogP contribution < -0.4 is 0 Å². The van der Waals surface area contributed by atoms with Crippen LogP contribution in [0.5, 0.6) is 0 Å². The highest BCUT2D eigenvalue weighted by atomic mass is 36.2. The number of nitrogens with zero attached hydrogens (tertiary/aromatic N) is 3. The Morgan fingerprint density at radius 2 is 1.86 bits per heavy atom. The van der Waals surface area contributed by atoms with E-state index >= 15 is 0 Å². The quantitative estimate of drug-likeness (QED) is 0.337. The summed E-state index contributed by atoms with van der Waals surface area (Å²) in [7, 11) is 12.5. The molecule has 0 aliphatic carbocycles. The van der Waals surface area contributed by atoms with Crippen molar-refractivity contribution in [1.29, 1.82) is 0 Å². The molecule has 7 heteroatoms. The van der Waals surface area contributed by atoms with Gasteiger partial charge in [0, 0.05) is 4.91 Å². The van der Waals surface area contributed by atoms with E-state index in [2.05, 4.69) is 9.43 Å². The van der Waals surface area contributed by atoms with E-state index in [1.165, 1.54) is 0 Å². The first-order chi connectivity index (χ1) is 3.06. The zero-order valence-corrected chi connectivity index (χ0v) is 5.97. The predicted octanol–water partition coefficient (Wildman–Crippen LogP) is 3.48. The van der Waals surface area contributed by atoms with E-state index in [-0.39, 0.29) is 0 Å².